The Hall–Kier alpha value is -2.05. The van der Waals surface area contributed by atoms with Crippen molar-refractivity contribution >= 4 is 11.6 Å². The molecule has 0 spiro atoms. The topological polar surface area (TPSA) is 0 Å². The molecule has 0 aliphatic rings. The van der Waals surface area contributed by atoms with Gasteiger partial charge in [-0.2, -0.15) is 0 Å². The van der Waals surface area contributed by atoms with Gasteiger partial charge in [0.1, 0.15) is 0 Å². The second kappa shape index (κ2) is 13.4. The molecule has 1 heteroatoms. The van der Waals surface area contributed by atoms with Crippen molar-refractivity contribution in [1.29, 1.82) is 0 Å². The van der Waals surface area contributed by atoms with Crippen LogP contribution in [0.25, 0.3) is 0 Å². The molecular formula is C30H41Cl. The molecule has 31 heavy (non-hydrogen) atoms. The average Bonchev–Trinajstić information content (AvgIpc) is 2.71. The van der Waals surface area contributed by atoms with E-state index < -0.39 is 0 Å². The molecule has 0 aromatic heterocycles. The Bertz CT molecular complexity index is 902. The molecule has 0 saturated carbocycles. The predicted molar refractivity (Wildman–Crippen MR) is 141 cm³/mol. The third kappa shape index (κ3) is 10.2. The molecule has 0 nitrogen and oxygen atoms in total. The van der Waals surface area contributed by atoms with E-state index in [1.165, 1.54) is 27.8 Å². The summed E-state index contributed by atoms with van der Waals surface area (Å²) in [6.07, 6.45) is 0. The van der Waals surface area contributed by atoms with Gasteiger partial charge in [0.15, 0.2) is 0 Å². The summed E-state index contributed by atoms with van der Waals surface area (Å²) in [5.41, 5.74) is 8.00. The van der Waals surface area contributed by atoms with Crippen molar-refractivity contribution in [2.45, 2.75) is 80.1 Å². The lowest BCUT2D eigenvalue weighted by atomic mass is 10.0. The van der Waals surface area contributed by atoms with E-state index in [2.05, 4.69) is 116 Å². The molecule has 0 aliphatic heterocycles. The second-order valence-corrected chi connectivity index (χ2v) is 9.70. The van der Waals surface area contributed by atoms with Gasteiger partial charge in [-0.05, 0) is 66.8 Å². The Balaban J connectivity index is 0.000000233. The lowest BCUT2D eigenvalue weighted by molar-refractivity contribution is 0.865. The maximum atomic E-state index is 5.96. The molecule has 0 atom stereocenters. The molecule has 0 bridgehead atoms. The smallest absolute Gasteiger partial charge is 0.0438 e. The van der Waals surface area contributed by atoms with Gasteiger partial charge in [0.25, 0.3) is 0 Å². The molecule has 0 radical (unpaired) electrons. The minimum absolute atomic E-state index is 0.563. The van der Waals surface area contributed by atoms with Crippen molar-refractivity contribution in [3.8, 4) is 0 Å². The summed E-state index contributed by atoms with van der Waals surface area (Å²) in [5, 5.41) is 0.871. The Morgan fingerprint density at radius 1 is 0.516 bits per heavy atom. The van der Waals surface area contributed by atoms with Crippen LogP contribution in [0.1, 0.15) is 92.7 Å². The molecule has 0 heterocycles. The van der Waals surface area contributed by atoms with Crippen molar-refractivity contribution in [1.82, 2.24) is 0 Å². The molecule has 3 rings (SSSR count). The molecule has 0 unspecified atom stereocenters. The van der Waals surface area contributed by atoms with Crippen LogP contribution in [0.15, 0.2) is 66.7 Å². The summed E-state index contributed by atoms with van der Waals surface area (Å²) < 4.78 is 0. The zero-order chi connectivity index (χ0) is 23.6. The maximum Gasteiger partial charge on any atom is 0.0438 e. The highest BCUT2D eigenvalue weighted by Crippen LogP contribution is 2.21. The molecule has 0 fully saturated rings. The Labute approximate surface area is 196 Å². The van der Waals surface area contributed by atoms with Gasteiger partial charge in [0, 0.05) is 5.02 Å². The van der Waals surface area contributed by atoms with E-state index in [1.807, 2.05) is 13.0 Å². The summed E-state index contributed by atoms with van der Waals surface area (Å²) in [4.78, 5) is 0. The van der Waals surface area contributed by atoms with Crippen molar-refractivity contribution in [3.05, 3.63) is 105 Å². The minimum atomic E-state index is 0.563. The number of halogens is 1. The van der Waals surface area contributed by atoms with Gasteiger partial charge in [-0.1, -0.05) is 125 Å². The highest BCUT2D eigenvalue weighted by atomic mass is 35.5. The van der Waals surface area contributed by atoms with Crippen LogP contribution in [0.3, 0.4) is 0 Å². The average molecular weight is 437 g/mol. The van der Waals surface area contributed by atoms with Gasteiger partial charge >= 0.3 is 0 Å². The van der Waals surface area contributed by atoms with E-state index in [-0.39, 0.29) is 0 Å². The van der Waals surface area contributed by atoms with E-state index in [0.29, 0.717) is 17.8 Å². The fourth-order valence-corrected chi connectivity index (χ4v) is 3.14. The zero-order valence-electron chi connectivity index (χ0n) is 21.0. The first-order valence-corrected chi connectivity index (χ1v) is 11.8. The number of hydrogen-bond acceptors (Lipinski definition) is 0. The van der Waals surface area contributed by atoms with E-state index in [1.54, 1.807) is 0 Å². The quantitative estimate of drug-likeness (QED) is 0.383. The lowest BCUT2D eigenvalue weighted by Crippen LogP contribution is -1.87. The van der Waals surface area contributed by atoms with Gasteiger partial charge in [0.05, 0.1) is 0 Å². The highest BCUT2D eigenvalue weighted by Gasteiger charge is 2.00. The molecule has 0 saturated heterocycles. The van der Waals surface area contributed by atoms with Crippen molar-refractivity contribution in [3.63, 3.8) is 0 Å². The molecule has 0 amide bonds. The monoisotopic (exact) mass is 436 g/mol. The summed E-state index contributed by atoms with van der Waals surface area (Å²) in [7, 11) is 0. The first kappa shape index (κ1) is 27.0. The third-order valence-corrected chi connectivity index (χ3v) is 5.72. The summed E-state index contributed by atoms with van der Waals surface area (Å²) >= 11 is 5.96. The third-order valence-electron chi connectivity index (χ3n) is 5.32. The first-order valence-electron chi connectivity index (χ1n) is 11.4. The molecule has 0 N–H and O–H groups in total. The van der Waals surface area contributed by atoms with Crippen LogP contribution in [0.5, 0.6) is 0 Å². The van der Waals surface area contributed by atoms with Gasteiger partial charge < -0.3 is 0 Å². The van der Waals surface area contributed by atoms with Crippen LogP contribution in [-0.2, 0) is 0 Å². The first-order chi connectivity index (χ1) is 14.5. The van der Waals surface area contributed by atoms with Crippen LogP contribution < -0.4 is 0 Å². The van der Waals surface area contributed by atoms with E-state index in [9.17, 15) is 0 Å². The number of rotatable bonds is 3. The van der Waals surface area contributed by atoms with Crippen LogP contribution in [0.4, 0.5) is 0 Å². The minimum Gasteiger partial charge on any atom is -0.0840 e. The number of aryl methyl sites for hydroxylation is 3. The molecule has 0 aliphatic carbocycles. The predicted octanol–water partition coefficient (Wildman–Crippen LogP) is 10.0. The summed E-state index contributed by atoms with van der Waals surface area (Å²) in [6.45, 7) is 19.5. The lowest BCUT2D eigenvalue weighted by Gasteiger charge is -2.06. The van der Waals surface area contributed by atoms with E-state index >= 15 is 0 Å². The largest absolute Gasteiger partial charge is 0.0840 e. The SMILES string of the molecule is Cc1ccc(C(C)C)cc1.Cc1ccc(C(C)C)cc1Cl.Cc1cccc(C(C)C)c1. The molecule has 168 valence electrons. The standard InChI is InChI=1S/C10H13Cl.2C10H14/c1-7(2)9-5-4-8(3)10(11)6-9;1-8(2)10-6-4-9(3)5-7-10;1-8(2)10-6-4-5-9(3)7-10/h4-7H,1-3H3;2*4-8H,1-3H3. The molecular weight excluding hydrogens is 396 g/mol. The van der Waals surface area contributed by atoms with Crippen molar-refractivity contribution in [2.24, 2.45) is 0 Å². The second-order valence-electron chi connectivity index (χ2n) is 9.30. The van der Waals surface area contributed by atoms with E-state index in [4.69, 9.17) is 11.6 Å². The molecule has 3 aromatic carbocycles. The van der Waals surface area contributed by atoms with Crippen LogP contribution in [-0.4, -0.2) is 0 Å². The maximum absolute atomic E-state index is 5.96. The van der Waals surface area contributed by atoms with Gasteiger partial charge in [0.2, 0.25) is 0 Å². The van der Waals surface area contributed by atoms with Gasteiger partial charge in [-0.15, -0.1) is 0 Å². The Morgan fingerprint density at radius 3 is 1.42 bits per heavy atom. The number of hydrogen-bond donors (Lipinski definition) is 0. The fraction of sp³-hybridized carbons (Fsp3) is 0.400. The molecule has 3 aromatic rings. The van der Waals surface area contributed by atoms with Crippen LogP contribution in [0.2, 0.25) is 5.02 Å². The highest BCUT2D eigenvalue weighted by molar-refractivity contribution is 6.31. The van der Waals surface area contributed by atoms with Crippen molar-refractivity contribution < 1.29 is 0 Å². The normalized spacial score (nSPS) is 10.5. The Morgan fingerprint density at radius 2 is 1.00 bits per heavy atom. The van der Waals surface area contributed by atoms with Crippen LogP contribution in [0, 0.1) is 20.8 Å². The Kier molecular flexibility index (Phi) is 11.6. The summed E-state index contributed by atoms with van der Waals surface area (Å²) in [6, 6.07) is 23.6. The van der Waals surface area contributed by atoms with Gasteiger partial charge in [-0.25, -0.2) is 0 Å². The van der Waals surface area contributed by atoms with Gasteiger partial charge in [-0.3, -0.25) is 0 Å². The van der Waals surface area contributed by atoms with E-state index in [0.717, 1.165) is 10.6 Å². The fourth-order valence-electron chi connectivity index (χ4n) is 2.95. The number of benzene rings is 3. The summed E-state index contributed by atoms with van der Waals surface area (Å²) in [5.74, 6) is 1.87. The van der Waals surface area contributed by atoms with Crippen molar-refractivity contribution in [2.75, 3.05) is 0 Å². The zero-order valence-corrected chi connectivity index (χ0v) is 21.7. The van der Waals surface area contributed by atoms with Crippen LogP contribution >= 0.6 is 11.6 Å².